The van der Waals surface area contributed by atoms with Crippen LogP contribution in [0.25, 0.3) is 0 Å². The summed E-state index contributed by atoms with van der Waals surface area (Å²) in [6.07, 6.45) is 2.44. The van der Waals surface area contributed by atoms with Gasteiger partial charge in [0.25, 0.3) is 0 Å². The molecule has 0 aromatic carbocycles. The van der Waals surface area contributed by atoms with Crippen LogP contribution < -0.4 is 11.1 Å². The van der Waals surface area contributed by atoms with Gasteiger partial charge < -0.3 is 21.0 Å². The number of hydrogen-bond donors (Lipinski definition) is 3. The van der Waals surface area contributed by atoms with Crippen molar-refractivity contribution < 1.29 is 14.7 Å². The second kappa shape index (κ2) is 7.20. The molecule has 1 aliphatic heterocycles. The Morgan fingerprint density at radius 2 is 2.17 bits per heavy atom. The fourth-order valence-electron chi connectivity index (χ4n) is 2.26. The predicted octanol–water partition coefficient (Wildman–Crippen LogP) is 0.690. The van der Waals surface area contributed by atoms with Gasteiger partial charge in [0.1, 0.15) is 0 Å². The van der Waals surface area contributed by atoms with Crippen molar-refractivity contribution in [3.05, 3.63) is 0 Å². The zero-order chi connectivity index (χ0) is 13.5. The number of nitrogens with zero attached hydrogens (tertiary/aromatic N) is 1. The van der Waals surface area contributed by atoms with Gasteiger partial charge in [-0.25, -0.2) is 0 Å². The predicted molar refractivity (Wildman–Crippen MR) is 68.3 cm³/mol. The Bertz CT molecular complexity index is 301. The molecule has 1 amide bonds. The fraction of sp³-hybridized carbons (Fsp3) is 0.833. The summed E-state index contributed by atoms with van der Waals surface area (Å²) in [4.78, 5) is 12.0. The number of rotatable bonds is 5. The molecule has 6 heteroatoms. The molecule has 2 atom stereocenters. The molecule has 1 aliphatic rings. The topological polar surface area (TPSA) is 96.9 Å². The van der Waals surface area contributed by atoms with Crippen molar-refractivity contribution in [2.24, 2.45) is 22.7 Å². The Balaban J connectivity index is 2.51. The average Bonchev–Trinajstić information content (AvgIpc) is 2.40. The van der Waals surface area contributed by atoms with Gasteiger partial charge in [0.2, 0.25) is 5.91 Å². The number of carbonyl (C=O) groups excluding carboxylic acids is 1. The molecule has 0 aromatic rings. The van der Waals surface area contributed by atoms with Gasteiger partial charge in [-0.15, -0.1) is 0 Å². The monoisotopic (exact) mass is 257 g/mol. The highest BCUT2D eigenvalue weighted by atomic mass is 16.5. The van der Waals surface area contributed by atoms with Crippen molar-refractivity contribution in [3.8, 4) is 0 Å². The van der Waals surface area contributed by atoms with E-state index >= 15 is 0 Å². The second-order valence-electron chi connectivity index (χ2n) is 4.73. The number of hydrogen-bond acceptors (Lipinski definition) is 4. The molecule has 1 saturated heterocycles. The van der Waals surface area contributed by atoms with Crippen LogP contribution in [0.1, 0.15) is 33.1 Å². The molecule has 1 rings (SSSR count). The third-order valence-electron chi connectivity index (χ3n) is 3.54. The molecule has 18 heavy (non-hydrogen) atoms. The third kappa shape index (κ3) is 3.87. The van der Waals surface area contributed by atoms with Gasteiger partial charge in [0, 0.05) is 19.3 Å². The van der Waals surface area contributed by atoms with Crippen molar-refractivity contribution in [3.63, 3.8) is 0 Å². The first kappa shape index (κ1) is 14.8. The molecular formula is C12H23N3O3. The van der Waals surface area contributed by atoms with Gasteiger partial charge in [-0.05, 0) is 32.1 Å². The standard InChI is InChI=1S/C12H23N3O3/c1-3-10(11(13)15-17)12(16)14-8(2)9-4-6-18-7-5-9/h8-10,17H,3-7H2,1-2H3,(H2,13,15)(H,14,16). The first-order valence-electron chi connectivity index (χ1n) is 6.45. The Morgan fingerprint density at radius 3 is 2.67 bits per heavy atom. The van der Waals surface area contributed by atoms with Gasteiger partial charge in [-0.2, -0.15) is 0 Å². The number of oxime groups is 1. The van der Waals surface area contributed by atoms with E-state index < -0.39 is 5.92 Å². The van der Waals surface area contributed by atoms with Crippen LogP contribution in [-0.2, 0) is 9.53 Å². The molecule has 0 saturated carbocycles. The summed E-state index contributed by atoms with van der Waals surface area (Å²) >= 11 is 0. The molecule has 104 valence electrons. The van der Waals surface area contributed by atoms with Crippen molar-refractivity contribution in [1.82, 2.24) is 5.32 Å². The summed E-state index contributed by atoms with van der Waals surface area (Å²) in [5.41, 5.74) is 5.50. The molecule has 6 nitrogen and oxygen atoms in total. The molecule has 1 fully saturated rings. The van der Waals surface area contributed by atoms with Gasteiger partial charge in [-0.3, -0.25) is 4.79 Å². The normalized spacial score (nSPS) is 21.3. The average molecular weight is 257 g/mol. The van der Waals surface area contributed by atoms with Crippen molar-refractivity contribution in [1.29, 1.82) is 0 Å². The van der Waals surface area contributed by atoms with Crippen molar-refractivity contribution in [2.45, 2.75) is 39.2 Å². The van der Waals surface area contributed by atoms with Gasteiger partial charge in [0.15, 0.2) is 5.84 Å². The minimum Gasteiger partial charge on any atom is -0.409 e. The Hall–Kier alpha value is -1.30. The number of carbonyl (C=O) groups is 1. The molecule has 0 bridgehead atoms. The maximum Gasteiger partial charge on any atom is 0.231 e. The lowest BCUT2D eigenvalue weighted by atomic mass is 9.92. The van der Waals surface area contributed by atoms with Crippen LogP contribution in [0.4, 0.5) is 0 Å². The molecule has 0 spiro atoms. The van der Waals surface area contributed by atoms with Crippen molar-refractivity contribution >= 4 is 11.7 Å². The summed E-state index contributed by atoms with van der Waals surface area (Å²) < 4.78 is 5.29. The van der Waals surface area contributed by atoms with E-state index in [1.807, 2.05) is 13.8 Å². The smallest absolute Gasteiger partial charge is 0.231 e. The second-order valence-corrected chi connectivity index (χ2v) is 4.73. The van der Waals surface area contributed by atoms with Crippen LogP contribution in [0.3, 0.4) is 0 Å². The van der Waals surface area contributed by atoms with E-state index in [1.165, 1.54) is 0 Å². The number of amidine groups is 1. The van der Waals surface area contributed by atoms with E-state index in [9.17, 15) is 4.79 Å². The molecule has 0 aliphatic carbocycles. The molecular weight excluding hydrogens is 234 g/mol. The number of nitrogens with one attached hydrogen (secondary N) is 1. The molecule has 0 aromatic heterocycles. The molecule has 1 heterocycles. The summed E-state index contributed by atoms with van der Waals surface area (Å²) in [5.74, 6) is -0.328. The van der Waals surface area contributed by atoms with E-state index in [-0.39, 0.29) is 17.8 Å². The number of nitrogens with two attached hydrogens (primary N) is 1. The lowest BCUT2D eigenvalue weighted by molar-refractivity contribution is -0.124. The van der Waals surface area contributed by atoms with E-state index in [4.69, 9.17) is 15.7 Å². The summed E-state index contributed by atoms with van der Waals surface area (Å²) in [5, 5.41) is 14.5. The SMILES string of the molecule is CCC(C(=O)NC(C)C1CCOCC1)C(N)=NO. The van der Waals surface area contributed by atoms with Gasteiger partial charge >= 0.3 is 0 Å². The van der Waals surface area contributed by atoms with Crippen molar-refractivity contribution in [2.75, 3.05) is 13.2 Å². The highest BCUT2D eigenvalue weighted by Crippen LogP contribution is 2.19. The Labute approximate surface area is 108 Å². The van der Waals surface area contributed by atoms with E-state index in [0.29, 0.717) is 12.3 Å². The zero-order valence-electron chi connectivity index (χ0n) is 11.1. The Kier molecular flexibility index (Phi) is 5.91. The van der Waals surface area contributed by atoms with Crippen LogP contribution in [0.5, 0.6) is 0 Å². The van der Waals surface area contributed by atoms with Crippen LogP contribution >= 0.6 is 0 Å². The Morgan fingerprint density at radius 1 is 1.56 bits per heavy atom. The summed E-state index contributed by atoms with van der Waals surface area (Å²) in [7, 11) is 0. The maximum absolute atomic E-state index is 12.0. The quantitative estimate of drug-likeness (QED) is 0.292. The summed E-state index contributed by atoms with van der Waals surface area (Å²) in [6.45, 7) is 5.33. The van der Waals surface area contributed by atoms with E-state index in [2.05, 4.69) is 10.5 Å². The highest BCUT2D eigenvalue weighted by Gasteiger charge is 2.26. The summed E-state index contributed by atoms with van der Waals surface area (Å²) in [6, 6.07) is 0.0851. The first-order valence-corrected chi connectivity index (χ1v) is 6.45. The van der Waals surface area contributed by atoms with Crippen LogP contribution in [0.15, 0.2) is 5.16 Å². The largest absolute Gasteiger partial charge is 0.409 e. The first-order chi connectivity index (χ1) is 8.60. The molecule has 2 unspecified atom stereocenters. The van der Waals surface area contributed by atoms with Crippen LogP contribution in [0, 0.1) is 11.8 Å². The van der Waals surface area contributed by atoms with Gasteiger partial charge in [-0.1, -0.05) is 12.1 Å². The van der Waals surface area contributed by atoms with Gasteiger partial charge in [0.05, 0.1) is 5.92 Å². The molecule has 0 radical (unpaired) electrons. The van der Waals surface area contributed by atoms with E-state index in [1.54, 1.807) is 0 Å². The van der Waals surface area contributed by atoms with Crippen LogP contribution in [-0.4, -0.2) is 36.2 Å². The minimum atomic E-state index is -0.558. The zero-order valence-corrected chi connectivity index (χ0v) is 11.1. The third-order valence-corrected chi connectivity index (χ3v) is 3.54. The maximum atomic E-state index is 12.0. The highest BCUT2D eigenvalue weighted by molar-refractivity contribution is 6.02. The lowest BCUT2D eigenvalue weighted by Gasteiger charge is -2.29. The lowest BCUT2D eigenvalue weighted by Crippen LogP contribution is -2.46. The van der Waals surface area contributed by atoms with E-state index in [0.717, 1.165) is 26.1 Å². The molecule has 4 N–H and O–H groups in total. The van der Waals surface area contributed by atoms with Crippen LogP contribution in [0.2, 0.25) is 0 Å². The fourth-order valence-corrected chi connectivity index (χ4v) is 2.26. The number of ether oxygens (including phenoxy) is 1. The minimum absolute atomic E-state index is 0.0332. The number of amides is 1.